The minimum Gasteiger partial charge on any atom is -0.327 e. The normalized spacial score (nSPS) is 38.5. The second-order valence-electron chi connectivity index (χ2n) is 4.76. The van der Waals surface area contributed by atoms with Crippen LogP contribution in [0.5, 0.6) is 0 Å². The molecule has 1 saturated carbocycles. The van der Waals surface area contributed by atoms with E-state index in [0.717, 1.165) is 18.4 Å². The zero-order valence-corrected chi connectivity index (χ0v) is 8.00. The molecule has 2 heteroatoms. The first-order valence-electron chi connectivity index (χ1n) is 5.18. The smallest absolute Gasteiger partial charge is 0.0170 e. The number of likely N-dealkylation sites (N-methyl/N-ethyl adjacent to an activating group) is 1. The lowest BCUT2D eigenvalue weighted by atomic mass is 9.90. The molecule has 12 heavy (non-hydrogen) atoms. The summed E-state index contributed by atoms with van der Waals surface area (Å²) in [7, 11) is 2.19. The first-order chi connectivity index (χ1) is 5.74. The van der Waals surface area contributed by atoms with Gasteiger partial charge in [-0.05, 0) is 31.7 Å². The third-order valence-electron chi connectivity index (χ3n) is 3.12. The Morgan fingerprint density at radius 3 is 2.58 bits per heavy atom. The van der Waals surface area contributed by atoms with Gasteiger partial charge in [0.1, 0.15) is 0 Å². The molecular weight excluding hydrogens is 148 g/mol. The van der Waals surface area contributed by atoms with E-state index in [2.05, 4.69) is 11.9 Å². The molecule has 2 aliphatic rings. The molecule has 0 amide bonds. The number of nitrogens with two attached hydrogens (primary N) is 1. The van der Waals surface area contributed by atoms with Crippen LogP contribution in [0, 0.1) is 11.8 Å². The lowest BCUT2D eigenvalue weighted by Crippen LogP contribution is -2.45. The van der Waals surface area contributed by atoms with Crippen LogP contribution in [-0.2, 0) is 0 Å². The second kappa shape index (κ2) is 3.35. The fraction of sp³-hybridized carbons (Fsp3) is 1.00. The monoisotopic (exact) mass is 168 g/mol. The fourth-order valence-electron chi connectivity index (χ4n) is 2.49. The van der Waals surface area contributed by atoms with E-state index in [1.807, 2.05) is 0 Å². The summed E-state index contributed by atoms with van der Waals surface area (Å²) < 4.78 is 0. The van der Waals surface area contributed by atoms with E-state index in [1.54, 1.807) is 0 Å². The van der Waals surface area contributed by atoms with Gasteiger partial charge in [0.25, 0.3) is 0 Å². The lowest BCUT2D eigenvalue weighted by Gasteiger charge is -2.33. The number of rotatable bonds is 2. The minimum atomic E-state index is 0.437. The summed E-state index contributed by atoms with van der Waals surface area (Å²) in [6.07, 6.45) is 5.67. The van der Waals surface area contributed by atoms with Crippen LogP contribution in [0.15, 0.2) is 0 Å². The molecule has 0 aromatic carbocycles. The van der Waals surface area contributed by atoms with E-state index >= 15 is 0 Å². The van der Waals surface area contributed by atoms with E-state index in [0.29, 0.717) is 6.04 Å². The average Bonchev–Trinajstić information content (AvgIpc) is 2.68. The van der Waals surface area contributed by atoms with Gasteiger partial charge in [0.2, 0.25) is 0 Å². The molecule has 2 fully saturated rings. The summed E-state index contributed by atoms with van der Waals surface area (Å²) >= 11 is 0. The predicted octanol–water partition coefficient (Wildman–Crippen LogP) is 1.07. The summed E-state index contributed by atoms with van der Waals surface area (Å²) in [5.41, 5.74) is 5.97. The van der Waals surface area contributed by atoms with Crippen LogP contribution in [0.2, 0.25) is 0 Å². The van der Waals surface area contributed by atoms with Crippen LogP contribution in [-0.4, -0.2) is 31.1 Å². The Hall–Kier alpha value is -0.0800. The van der Waals surface area contributed by atoms with E-state index in [-0.39, 0.29) is 0 Å². The zero-order chi connectivity index (χ0) is 8.55. The first kappa shape index (κ1) is 8.52. The SMILES string of the molecule is CN1CC(N)CC(CC2CC2)C1. The highest BCUT2D eigenvalue weighted by atomic mass is 15.1. The van der Waals surface area contributed by atoms with Gasteiger partial charge in [-0.3, -0.25) is 0 Å². The number of piperidine rings is 1. The molecule has 0 aromatic heterocycles. The summed E-state index contributed by atoms with van der Waals surface area (Å²) in [5.74, 6) is 1.96. The molecule has 2 N–H and O–H groups in total. The highest BCUT2D eigenvalue weighted by Crippen LogP contribution is 2.37. The molecule has 1 aliphatic carbocycles. The Bertz CT molecular complexity index is 141. The van der Waals surface area contributed by atoms with Crippen molar-refractivity contribution in [2.24, 2.45) is 17.6 Å². The van der Waals surface area contributed by atoms with Gasteiger partial charge in [0.05, 0.1) is 0 Å². The van der Waals surface area contributed by atoms with Crippen molar-refractivity contribution in [3.63, 3.8) is 0 Å². The van der Waals surface area contributed by atoms with Gasteiger partial charge in [-0.15, -0.1) is 0 Å². The Balaban J connectivity index is 1.79. The molecule has 70 valence electrons. The maximum absolute atomic E-state index is 5.97. The molecule has 2 nitrogen and oxygen atoms in total. The highest BCUT2D eigenvalue weighted by molar-refractivity contribution is 4.84. The molecule has 0 spiro atoms. The second-order valence-corrected chi connectivity index (χ2v) is 4.76. The van der Waals surface area contributed by atoms with Gasteiger partial charge in [0.15, 0.2) is 0 Å². The molecule has 2 atom stereocenters. The van der Waals surface area contributed by atoms with Gasteiger partial charge in [-0.25, -0.2) is 0 Å². The molecule has 2 rings (SSSR count). The van der Waals surface area contributed by atoms with Crippen molar-refractivity contribution in [3.8, 4) is 0 Å². The summed E-state index contributed by atoms with van der Waals surface area (Å²) in [5, 5.41) is 0. The van der Waals surface area contributed by atoms with Crippen LogP contribution in [0.25, 0.3) is 0 Å². The van der Waals surface area contributed by atoms with Crippen molar-refractivity contribution < 1.29 is 0 Å². The molecule has 1 aliphatic heterocycles. The van der Waals surface area contributed by atoms with E-state index in [1.165, 1.54) is 32.2 Å². The number of hydrogen-bond donors (Lipinski definition) is 1. The van der Waals surface area contributed by atoms with Gasteiger partial charge in [0, 0.05) is 19.1 Å². The standard InChI is InChI=1S/C10H20N2/c1-12-6-9(4-8-2-3-8)5-10(11)7-12/h8-10H,2-7,11H2,1H3. The summed E-state index contributed by atoms with van der Waals surface area (Å²) in [6, 6.07) is 0.437. The number of nitrogens with zero attached hydrogens (tertiary/aromatic N) is 1. The van der Waals surface area contributed by atoms with Gasteiger partial charge < -0.3 is 10.6 Å². The van der Waals surface area contributed by atoms with Crippen molar-refractivity contribution in [2.75, 3.05) is 20.1 Å². The van der Waals surface area contributed by atoms with Crippen molar-refractivity contribution in [1.29, 1.82) is 0 Å². The fourth-order valence-corrected chi connectivity index (χ4v) is 2.49. The third-order valence-corrected chi connectivity index (χ3v) is 3.12. The predicted molar refractivity (Wildman–Crippen MR) is 50.9 cm³/mol. The third kappa shape index (κ3) is 2.20. The van der Waals surface area contributed by atoms with Crippen molar-refractivity contribution >= 4 is 0 Å². The minimum absolute atomic E-state index is 0.437. The molecular formula is C10H20N2. The number of hydrogen-bond acceptors (Lipinski definition) is 2. The Morgan fingerprint density at radius 2 is 2.00 bits per heavy atom. The molecule has 1 saturated heterocycles. The van der Waals surface area contributed by atoms with E-state index in [9.17, 15) is 0 Å². The molecule has 0 radical (unpaired) electrons. The van der Waals surface area contributed by atoms with Gasteiger partial charge >= 0.3 is 0 Å². The van der Waals surface area contributed by atoms with Crippen LogP contribution in [0.3, 0.4) is 0 Å². The Morgan fingerprint density at radius 1 is 1.25 bits per heavy atom. The van der Waals surface area contributed by atoms with E-state index in [4.69, 9.17) is 5.73 Å². The molecule has 0 bridgehead atoms. The van der Waals surface area contributed by atoms with Crippen LogP contribution in [0.4, 0.5) is 0 Å². The van der Waals surface area contributed by atoms with Gasteiger partial charge in [-0.1, -0.05) is 12.8 Å². The van der Waals surface area contributed by atoms with E-state index < -0.39 is 0 Å². The maximum Gasteiger partial charge on any atom is 0.0170 e. The molecule has 1 heterocycles. The largest absolute Gasteiger partial charge is 0.327 e. The van der Waals surface area contributed by atoms with Crippen molar-refractivity contribution in [3.05, 3.63) is 0 Å². The van der Waals surface area contributed by atoms with Crippen LogP contribution < -0.4 is 5.73 Å². The Labute approximate surface area is 75.1 Å². The zero-order valence-electron chi connectivity index (χ0n) is 8.00. The van der Waals surface area contributed by atoms with Crippen LogP contribution in [0.1, 0.15) is 25.7 Å². The summed E-state index contributed by atoms with van der Waals surface area (Å²) in [4.78, 5) is 2.39. The summed E-state index contributed by atoms with van der Waals surface area (Å²) in [6.45, 7) is 2.38. The van der Waals surface area contributed by atoms with Crippen molar-refractivity contribution in [1.82, 2.24) is 4.90 Å². The molecule has 0 aromatic rings. The van der Waals surface area contributed by atoms with Crippen LogP contribution >= 0.6 is 0 Å². The number of likely N-dealkylation sites (tertiary alicyclic amines) is 1. The average molecular weight is 168 g/mol. The Kier molecular flexibility index (Phi) is 2.37. The molecule has 2 unspecified atom stereocenters. The highest BCUT2D eigenvalue weighted by Gasteiger charge is 2.29. The first-order valence-corrected chi connectivity index (χ1v) is 5.18. The lowest BCUT2D eigenvalue weighted by molar-refractivity contribution is 0.177. The maximum atomic E-state index is 5.97. The van der Waals surface area contributed by atoms with Crippen molar-refractivity contribution in [2.45, 2.75) is 31.7 Å². The quantitative estimate of drug-likeness (QED) is 0.668. The van der Waals surface area contributed by atoms with Gasteiger partial charge in [-0.2, -0.15) is 0 Å². The topological polar surface area (TPSA) is 29.3 Å².